The summed E-state index contributed by atoms with van der Waals surface area (Å²) in [5.41, 5.74) is 1.39. The Hall–Kier alpha value is -0.900. The van der Waals surface area contributed by atoms with E-state index in [0.29, 0.717) is 12.1 Å². The van der Waals surface area contributed by atoms with Crippen LogP contribution in [0.2, 0.25) is 0 Å². The minimum atomic E-state index is 0.437. The molecule has 0 amide bonds. The van der Waals surface area contributed by atoms with Crippen molar-refractivity contribution < 1.29 is 4.74 Å². The molecule has 2 atom stereocenters. The second-order valence-corrected chi connectivity index (χ2v) is 5.66. The van der Waals surface area contributed by atoms with Crippen molar-refractivity contribution in [3.8, 4) is 0 Å². The Morgan fingerprint density at radius 2 is 2.05 bits per heavy atom. The normalized spacial score (nSPS) is 24.5. The van der Waals surface area contributed by atoms with Crippen molar-refractivity contribution in [3.63, 3.8) is 0 Å². The number of benzene rings is 1. The van der Waals surface area contributed by atoms with Crippen molar-refractivity contribution in [3.05, 3.63) is 35.9 Å². The summed E-state index contributed by atoms with van der Waals surface area (Å²) >= 11 is 0. The SMILES string of the molecule is CCCOCCN1CC(c2ccccc2)NCCC1C. The summed E-state index contributed by atoms with van der Waals surface area (Å²) in [6.45, 7) is 9.40. The van der Waals surface area contributed by atoms with Crippen LogP contribution in [0.25, 0.3) is 0 Å². The monoisotopic (exact) mass is 276 g/mol. The topological polar surface area (TPSA) is 24.5 Å². The summed E-state index contributed by atoms with van der Waals surface area (Å²) in [7, 11) is 0. The van der Waals surface area contributed by atoms with Gasteiger partial charge < -0.3 is 10.1 Å². The van der Waals surface area contributed by atoms with E-state index in [9.17, 15) is 0 Å². The minimum Gasteiger partial charge on any atom is -0.380 e. The molecule has 0 bridgehead atoms. The van der Waals surface area contributed by atoms with Crippen molar-refractivity contribution >= 4 is 0 Å². The molecule has 1 fully saturated rings. The van der Waals surface area contributed by atoms with Crippen molar-refractivity contribution in [2.45, 2.75) is 38.8 Å². The van der Waals surface area contributed by atoms with Gasteiger partial charge >= 0.3 is 0 Å². The fraction of sp³-hybridized carbons (Fsp3) is 0.647. The highest BCUT2D eigenvalue weighted by molar-refractivity contribution is 5.19. The predicted molar refractivity (Wildman–Crippen MR) is 83.9 cm³/mol. The maximum Gasteiger partial charge on any atom is 0.0593 e. The molecular weight excluding hydrogens is 248 g/mol. The smallest absolute Gasteiger partial charge is 0.0593 e. The zero-order valence-electron chi connectivity index (χ0n) is 12.8. The minimum absolute atomic E-state index is 0.437. The highest BCUT2D eigenvalue weighted by Gasteiger charge is 2.23. The fourth-order valence-corrected chi connectivity index (χ4v) is 2.78. The summed E-state index contributed by atoms with van der Waals surface area (Å²) < 4.78 is 5.65. The summed E-state index contributed by atoms with van der Waals surface area (Å²) in [5, 5.41) is 3.68. The molecule has 0 aliphatic carbocycles. The van der Waals surface area contributed by atoms with Crippen LogP contribution >= 0.6 is 0 Å². The van der Waals surface area contributed by atoms with Gasteiger partial charge in [0.1, 0.15) is 0 Å². The summed E-state index contributed by atoms with van der Waals surface area (Å²) in [6, 6.07) is 11.8. The summed E-state index contributed by atoms with van der Waals surface area (Å²) in [4.78, 5) is 2.56. The molecule has 0 saturated carbocycles. The van der Waals surface area contributed by atoms with Crippen molar-refractivity contribution in [2.24, 2.45) is 0 Å². The fourth-order valence-electron chi connectivity index (χ4n) is 2.78. The quantitative estimate of drug-likeness (QED) is 0.809. The number of rotatable bonds is 6. The first kappa shape index (κ1) is 15.5. The number of hydrogen-bond donors (Lipinski definition) is 1. The van der Waals surface area contributed by atoms with Crippen LogP contribution in [-0.2, 0) is 4.74 Å². The van der Waals surface area contributed by atoms with Gasteiger partial charge in [-0.15, -0.1) is 0 Å². The molecule has 1 aromatic rings. The molecule has 3 heteroatoms. The molecule has 1 N–H and O–H groups in total. The van der Waals surface area contributed by atoms with E-state index in [2.05, 4.69) is 54.4 Å². The van der Waals surface area contributed by atoms with Crippen molar-refractivity contribution in [1.82, 2.24) is 10.2 Å². The van der Waals surface area contributed by atoms with Crippen LogP contribution in [0.3, 0.4) is 0 Å². The number of nitrogens with zero attached hydrogens (tertiary/aromatic N) is 1. The lowest BCUT2D eigenvalue weighted by Gasteiger charge is -2.29. The van der Waals surface area contributed by atoms with Crippen LogP contribution in [0.5, 0.6) is 0 Å². The van der Waals surface area contributed by atoms with E-state index in [1.165, 1.54) is 12.0 Å². The van der Waals surface area contributed by atoms with Gasteiger partial charge in [0.2, 0.25) is 0 Å². The molecule has 0 spiro atoms. The van der Waals surface area contributed by atoms with Gasteiger partial charge in [0.25, 0.3) is 0 Å². The molecule has 2 unspecified atom stereocenters. The van der Waals surface area contributed by atoms with Crippen LogP contribution in [-0.4, -0.2) is 43.8 Å². The molecule has 0 aromatic heterocycles. The van der Waals surface area contributed by atoms with Gasteiger partial charge in [-0.3, -0.25) is 4.90 Å². The zero-order valence-corrected chi connectivity index (χ0v) is 12.8. The Morgan fingerprint density at radius 1 is 1.25 bits per heavy atom. The molecule has 3 nitrogen and oxygen atoms in total. The lowest BCUT2D eigenvalue weighted by atomic mass is 10.1. The summed E-state index contributed by atoms with van der Waals surface area (Å²) in [6.07, 6.45) is 2.31. The molecule has 2 rings (SSSR count). The molecule has 1 aromatic carbocycles. The highest BCUT2D eigenvalue weighted by atomic mass is 16.5. The standard InChI is InChI=1S/C17H28N2O/c1-3-12-20-13-11-19-14-17(18-10-9-15(19)2)16-7-5-4-6-8-16/h4-8,15,17-18H,3,9-14H2,1-2H3. The third-order valence-electron chi connectivity index (χ3n) is 4.07. The van der Waals surface area contributed by atoms with Gasteiger partial charge in [-0.25, -0.2) is 0 Å². The van der Waals surface area contributed by atoms with E-state index >= 15 is 0 Å². The van der Waals surface area contributed by atoms with E-state index in [0.717, 1.165) is 39.3 Å². The Kier molecular flexibility index (Phi) is 6.51. The van der Waals surface area contributed by atoms with Gasteiger partial charge in [-0.2, -0.15) is 0 Å². The van der Waals surface area contributed by atoms with Gasteiger partial charge in [0.15, 0.2) is 0 Å². The molecule has 1 heterocycles. The van der Waals surface area contributed by atoms with Gasteiger partial charge in [0.05, 0.1) is 6.61 Å². The maximum atomic E-state index is 5.65. The first-order valence-electron chi connectivity index (χ1n) is 7.91. The molecule has 1 aliphatic heterocycles. The Morgan fingerprint density at radius 3 is 2.80 bits per heavy atom. The molecule has 1 saturated heterocycles. The molecular formula is C17H28N2O. The average molecular weight is 276 g/mol. The Labute approximate surface area is 123 Å². The van der Waals surface area contributed by atoms with Crippen LogP contribution in [0, 0.1) is 0 Å². The van der Waals surface area contributed by atoms with Crippen LogP contribution in [0.4, 0.5) is 0 Å². The lowest BCUT2D eigenvalue weighted by Crippen LogP contribution is -2.38. The van der Waals surface area contributed by atoms with Crippen LogP contribution < -0.4 is 5.32 Å². The molecule has 112 valence electrons. The van der Waals surface area contributed by atoms with E-state index < -0.39 is 0 Å². The van der Waals surface area contributed by atoms with Crippen LogP contribution in [0.1, 0.15) is 38.3 Å². The molecule has 20 heavy (non-hydrogen) atoms. The van der Waals surface area contributed by atoms with Gasteiger partial charge in [-0.05, 0) is 31.9 Å². The first-order chi connectivity index (χ1) is 9.81. The van der Waals surface area contributed by atoms with E-state index in [-0.39, 0.29) is 0 Å². The van der Waals surface area contributed by atoms with Crippen molar-refractivity contribution in [1.29, 1.82) is 0 Å². The number of hydrogen-bond acceptors (Lipinski definition) is 3. The molecule has 0 radical (unpaired) electrons. The average Bonchev–Trinajstić information content (AvgIpc) is 2.67. The Bertz CT molecular complexity index is 369. The predicted octanol–water partition coefficient (Wildman–Crippen LogP) is 2.84. The van der Waals surface area contributed by atoms with Gasteiger partial charge in [-0.1, -0.05) is 37.3 Å². The third-order valence-corrected chi connectivity index (χ3v) is 4.07. The number of nitrogens with one attached hydrogen (secondary N) is 1. The zero-order chi connectivity index (χ0) is 14.2. The maximum absolute atomic E-state index is 5.65. The Balaban J connectivity index is 1.92. The first-order valence-corrected chi connectivity index (χ1v) is 7.91. The molecule has 1 aliphatic rings. The lowest BCUT2D eigenvalue weighted by molar-refractivity contribution is 0.0891. The second-order valence-electron chi connectivity index (χ2n) is 5.66. The third kappa shape index (κ3) is 4.58. The summed E-state index contributed by atoms with van der Waals surface area (Å²) in [5.74, 6) is 0. The van der Waals surface area contributed by atoms with E-state index in [1.807, 2.05) is 0 Å². The van der Waals surface area contributed by atoms with Crippen LogP contribution in [0.15, 0.2) is 30.3 Å². The second kappa shape index (κ2) is 8.40. The number of ether oxygens (including phenoxy) is 1. The van der Waals surface area contributed by atoms with E-state index in [4.69, 9.17) is 4.74 Å². The highest BCUT2D eigenvalue weighted by Crippen LogP contribution is 2.19. The van der Waals surface area contributed by atoms with Gasteiger partial charge in [0, 0.05) is 31.8 Å². The van der Waals surface area contributed by atoms with Crippen molar-refractivity contribution in [2.75, 3.05) is 32.8 Å². The largest absolute Gasteiger partial charge is 0.380 e. The van der Waals surface area contributed by atoms with E-state index in [1.54, 1.807) is 0 Å².